The maximum Gasteiger partial charge on any atom is 0.310 e. The second-order valence-corrected chi connectivity index (χ2v) is 5.43. The molecule has 1 unspecified atom stereocenters. The monoisotopic (exact) mass is 321 g/mol. The number of rotatable bonds is 7. The van der Waals surface area contributed by atoms with Crippen molar-refractivity contribution in [3.63, 3.8) is 0 Å². The van der Waals surface area contributed by atoms with Gasteiger partial charge in [0.25, 0.3) is 0 Å². The van der Waals surface area contributed by atoms with Gasteiger partial charge in [-0.3, -0.25) is 9.59 Å². The third kappa shape index (κ3) is 4.15. The van der Waals surface area contributed by atoms with Gasteiger partial charge in [0.2, 0.25) is 5.91 Å². The summed E-state index contributed by atoms with van der Waals surface area (Å²) in [4.78, 5) is 25.2. The molecule has 1 amide bonds. The van der Waals surface area contributed by atoms with Gasteiger partial charge in [-0.1, -0.05) is 6.07 Å². The Hall–Kier alpha value is -2.24. The Morgan fingerprint density at radius 2 is 2.09 bits per heavy atom. The quantitative estimate of drug-likeness (QED) is 0.715. The Bertz CT molecular complexity index is 572. The Kier molecular flexibility index (Phi) is 5.84. The van der Waals surface area contributed by atoms with E-state index in [4.69, 9.17) is 14.2 Å². The molecule has 23 heavy (non-hydrogen) atoms. The summed E-state index contributed by atoms with van der Waals surface area (Å²) in [7, 11) is 2.95. The summed E-state index contributed by atoms with van der Waals surface area (Å²) in [5.74, 6) is 0.732. The molecule has 1 aliphatic heterocycles. The summed E-state index contributed by atoms with van der Waals surface area (Å²) in [5.41, 5.74) is 1.06. The number of carbonyl (C=O) groups excluding carboxylic acids is 2. The van der Waals surface area contributed by atoms with E-state index in [1.54, 1.807) is 12.0 Å². The number of methoxy groups -OCH3 is 2. The molecule has 6 heteroatoms. The number of ether oxygens (including phenoxy) is 3. The minimum Gasteiger partial charge on any atom is -0.493 e. The topological polar surface area (TPSA) is 65.1 Å². The third-order valence-corrected chi connectivity index (χ3v) is 3.95. The van der Waals surface area contributed by atoms with Crippen molar-refractivity contribution in [2.45, 2.75) is 19.8 Å². The van der Waals surface area contributed by atoms with Crippen LogP contribution in [0.15, 0.2) is 18.2 Å². The molecule has 6 nitrogen and oxygen atoms in total. The van der Waals surface area contributed by atoms with Gasteiger partial charge in [0.1, 0.15) is 0 Å². The molecule has 1 atom stereocenters. The first-order valence-electron chi connectivity index (χ1n) is 7.74. The van der Waals surface area contributed by atoms with Crippen LogP contribution >= 0.6 is 0 Å². The predicted octanol–water partition coefficient (Wildman–Crippen LogP) is 1.66. The zero-order valence-corrected chi connectivity index (χ0v) is 13.8. The van der Waals surface area contributed by atoms with Crippen molar-refractivity contribution in [1.82, 2.24) is 4.90 Å². The zero-order valence-electron chi connectivity index (χ0n) is 13.8. The van der Waals surface area contributed by atoms with E-state index < -0.39 is 0 Å². The summed E-state index contributed by atoms with van der Waals surface area (Å²) in [6.07, 6.45) is 0.932. The van der Waals surface area contributed by atoms with Crippen molar-refractivity contribution in [3.8, 4) is 11.5 Å². The molecule has 1 saturated heterocycles. The number of carbonyl (C=O) groups is 2. The van der Waals surface area contributed by atoms with E-state index in [1.807, 2.05) is 25.1 Å². The second-order valence-electron chi connectivity index (χ2n) is 5.43. The van der Waals surface area contributed by atoms with Gasteiger partial charge in [0.15, 0.2) is 11.5 Å². The minimum atomic E-state index is -0.345. The van der Waals surface area contributed by atoms with Crippen LogP contribution in [0.5, 0.6) is 11.5 Å². The summed E-state index contributed by atoms with van der Waals surface area (Å²) in [6.45, 7) is 3.50. The van der Waals surface area contributed by atoms with Gasteiger partial charge in [-0.25, -0.2) is 0 Å². The van der Waals surface area contributed by atoms with E-state index >= 15 is 0 Å². The smallest absolute Gasteiger partial charge is 0.310 e. The maximum atomic E-state index is 12.0. The van der Waals surface area contributed by atoms with Crippen LogP contribution in [0.25, 0.3) is 0 Å². The van der Waals surface area contributed by atoms with E-state index in [2.05, 4.69) is 0 Å². The molecule has 126 valence electrons. The number of hydrogen-bond acceptors (Lipinski definition) is 5. The maximum absolute atomic E-state index is 12.0. The molecule has 0 saturated carbocycles. The highest BCUT2D eigenvalue weighted by Crippen LogP contribution is 2.28. The Morgan fingerprint density at radius 3 is 2.74 bits per heavy atom. The van der Waals surface area contributed by atoms with Gasteiger partial charge in [-0.15, -0.1) is 0 Å². The van der Waals surface area contributed by atoms with E-state index in [0.29, 0.717) is 37.6 Å². The van der Waals surface area contributed by atoms with Crippen LogP contribution in [0, 0.1) is 5.92 Å². The molecule has 1 aliphatic rings. The van der Waals surface area contributed by atoms with Crippen molar-refractivity contribution in [2.24, 2.45) is 5.92 Å². The first-order chi connectivity index (χ1) is 11.1. The van der Waals surface area contributed by atoms with Crippen molar-refractivity contribution < 1.29 is 23.8 Å². The first kappa shape index (κ1) is 17.1. The highest BCUT2D eigenvalue weighted by Gasteiger charge is 2.34. The molecular weight excluding hydrogens is 298 g/mol. The summed E-state index contributed by atoms with van der Waals surface area (Å²) in [6, 6.07) is 5.76. The van der Waals surface area contributed by atoms with Crippen LogP contribution in [0.2, 0.25) is 0 Å². The number of amides is 1. The number of benzene rings is 1. The Labute approximate surface area is 136 Å². The van der Waals surface area contributed by atoms with Gasteiger partial charge in [0.05, 0.1) is 26.7 Å². The van der Waals surface area contributed by atoms with E-state index in [0.717, 1.165) is 5.56 Å². The van der Waals surface area contributed by atoms with Gasteiger partial charge in [0, 0.05) is 19.5 Å². The van der Waals surface area contributed by atoms with Crippen LogP contribution in [0.1, 0.15) is 18.9 Å². The molecule has 0 aromatic heterocycles. The van der Waals surface area contributed by atoms with Gasteiger partial charge in [-0.05, 0) is 31.0 Å². The highest BCUT2D eigenvalue weighted by atomic mass is 16.5. The SMILES string of the molecule is CCOc1ccc(CCN2CC(C(=O)OC)CC2=O)cc1OC. The fourth-order valence-electron chi connectivity index (χ4n) is 2.72. The molecule has 2 rings (SSSR count). The van der Waals surface area contributed by atoms with Crippen molar-refractivity contribution in [1.29, 1.82) is 0 Å². The average Bonchev–Trinajstić information content (AvgIpc) is 2.94. The van der Waals surface area contributed by atoms with E-state index in [1.165, 1.54) is 7.11 Å². The van der Waals surface area contributed by atoms with Crippen LogP contribution in [-0.4, -0.2) is 50.7 Å². The summed E-state index contributed by atoms with van der Waals surface area (Å²) >= 11 is 0. The minimum absolute atomic E-state index is 0.00157. The zero-order chi connectivity index (χ0) is 16.8. The first-order valence-corrected chi connectivity index (χ1v) is 7.74. The lowest BCUT2D eigenvalue weighted by atomic mass is 10.1. The highest BCUT2D eigenvalue weighted by molar-refractivity contribution is 5.86. The van der Waals surface area contributed by atoms with Gasteiger partial charge < -0.3 is 19.1 Å². The molecule has 1 aromatic carbocycles. The van der Waals surface area contributed by atoms with Gasteiger partial charge in [-0.2, -0.15) is 0 Å². The van der Waals surface area contributed by atoms with E-state index in [9.17, 15) is 9.59 Å². The molecule has 0 bridgehead atoms. The number of nitrogens with zero attached hydrogens (tertiary/aromatic N) is 1. The Balaban J connectivity index is 1.96. The van der Waals surface area contributed by atoms with E-state index in [-0.39, 0.29) is 24.2 Å². The third-order valence-electron chi connectivity index (χ3n) is 3.95. The lowest BCUT2D eigenvalue weighted by Crippen LogP contribution is -2.28. The molecule has 1 heterocycles. The predicted molar refractivity (Wildman–Crippen MR) is 84.6 cm³/mol. The van der Waals surface area contributed by atoms with Gasteiger partial charge >= 0.3 is 5.97 Å². The van der Waals surface area contributed by atoms with Crippen molar-refractivity contribution in [2.75, 3.05) is 33.9 Å². The molecule has 0 aliphatic carbocycles. The fourth-order valence-corrected chi connectivity index (χ4v) is 2.72. The molecule has 0 spiro atoms. The van der Waals surface area contributed by atoms with Crippen LogP contribution in [0.3, 0.4) is 0 Å². The summed E-state index contributed by atoms with van der Waals surface area (Å²) in [5, 5.41) is 0. The molecule has 1 fully saturated rings. The standard InChI is InChI=1S/C17H23NO5/c1-4-23-14-6-5-12(9-15(14)21-2)7-8-18-11-13(10-16(18)19)17(20)22-3/h5-6,9,13H,4,7-8,10-11H2,1-3H3. The van der Waals surface area contributed by atoms with Crippen molar-refractivity contribution in [3.05, 3.63) is 23.8 Å². The largest absolute Gasteiger partial charge is 0.493 e. The van der Waals surface area contributed by atoms with Crippen LogP contribution in [0.4, 0.5) is 0 Å². The lowest BCUT2D eigenvalue weighted by molar-refractivity contribution is -0.145. The average molecular weight is 321 g/mol. The molecule has 1 aromatic rings. The van der Waals surface area contributed by atoms with Crippen LogP contribution < -0.4 is 9.47 Å². The normalized spacial score (nSPS) is 17.3. The number of esters is 1. The fraction of sp³-hybridized carbons (Fsp3) is 0.529. The molecule has 0 N–H and O–H groups in total. The van der Waals surface area contributed by atoms with Crippen molar-refractivity contribution >= 4 is 11.9 Å². The number of hydrogen-bond donors (Lipinski definition) is 0. The molecular formula is C17H23NO5. The molecule has 0 radical (unpaired) electrons. The van der Waals surface area contributed by atoms with Crippen LogP contribution in [-0.2, 0) is 20.7 Å². The summed E-state index contributed by atoms with van der Waals surface area (Å²) < 4.78 is 15.5. The second kappa shape index (κ2) is 7.85. The number of likely N-dealkylation sites (tertiary alicyclic amines) is 1. The Morgan fingerprint density at radius 1 is 1.30 bits per heavy atom. The lowest BCUT2D eigenvalue weighted by Gasteiger charge is -2.17.